The highest BCUT2D eigenvalue weighted by atomic mass is 16.5. The van der Waals surface area contributed by atoms with Crippen LogP contribution in [0.4, 0.5) is 0 Å². The zero-order chi connectivity index (χ0) is 19.1. The Morgan fingerprint density at radius 2 is 1.07 bits per heavy atom. The molecule has 1 aliphatic heterocycles. The summed E-state index contributed by atoms with van der Waals surface area (Å²) in [7, 11) is 0. The topological polar surface area (TPSA) is 28.3 Å². The average molecular weight is 374 g/mol. The number of aromatic nitrogens is 2. The van der Waals surface area contributed by atoms with Crippen molar-refractivity contribution in [2.24, 2.45) is 0 Å². The second-order valence-electron chi connectivity index (χ2n) is 7.36. The Morgan fingerprint density at radius 1 is 0.643 bits per heavy atom. The summed E-state index contributed by atoms with van der Waals surface area (Å²) in [5.41, 5.74) is 7.54. The fraction of sp³-hybridized carbons (Fsp3) is 0.333. The minimum atomic E-state index is 0.603. The van der Waals surface area contributed by atoms with Crippen LogP contribution in [0.25, 0.3) is 21.8 Å². The number of rotatable bonds is 2. The first-order valence-corrected chi connectivity index (χ1v) is 10.2. The van der Waals surface area contributed by atoms with Gasteiger partial charge in [0.1, 0.15) is 0 Å². The molecule has 2 aromatic carbocycles. The maximum absolute atomic E-state index is 6.31. The number of nitrogens with zero attached hydrogens (tertiary/aromatic N) is 2. The van der Waals surface area contributed by atoms with Crippen LogP contribution in [0.3, 0.4) is 0 Å². The summed E-state index contributed by atoms with van der Waals surface area (Å²) in [6.45, 7) is 8.67. The fourth-order valence-electron chi connectivity index (χ4n) is 4.73. The summed E-state index contributed by atoms with van der Waals surface area (Å²) in [4.78, 5) is 0. The van der Waals surface area contributed by atoms with Crippen molar-refractivity contribution in [2.75, 3.05) is 0 Å². The average Bonchev–Trinajstić information content (AvgIpc) is 3.21. The van der Waals surface area contributed by atoms with Gasteiger partial charge in [0.05, 0.1) is 37.8 Å². The maximum atomic E-state index is 6.31. The standard InChI is InChI=1S/C24H26N2O2/c1-3-25-21-11-7-5-9-17(21)19-13-28-16-24-20(14-27-15-23(19)25)18-10-6-8-12-22(18)26(24)4-2/h5-12H,3-4,13-16H2,1-2H3. The molecule has 0 atom stereocenters. The summed E-state index contributed by atoms with van der Waals surface area (Å²) in [6, 6.07) is 17.2. The van der Waals surface area contributed by atoms with Gasteiger partial charge in [0.2, 0.25) is 0 Å². The van der Waals surface area contributed by atoms with Crippen molar-refractivity contribution in [3.05, 3.63) is 71.0 Å². The van der Waals surface area contributed by atoms with E-state index in [0.29, 0.717) is 26.4 Å². The molecule has 0 saturated carbocycles. The molecule has 144 valence electrons. The van der Waals surface area contributed by atoms with Crippen molar-refractivity contribution in [1.82, 2.24) is 9.13 Å². The van der Waals surface area contributed by atoms with Crippen molar-refractivity contribution in [1.29, 1.82) is 0 Å². The number of para-hydroxylation sites is 2. The van der Waals surface area contributed by atoms with Gasteiger partial charge in [-0.05, 0) is 26.0 Å². The van der Waals surface area contributed by atoms with E-state index in [1.165, 1.54) is 44.3 Å². The molecule has 0 saturated heterocycles. The van der Waals surface area contributed by atoms with Crippen LogP contribution in [0.2, 0.25) is 0 Å². The molecule has 1 aliphatic rings. The van der Waals surface area contributed by atoms with Crippen molar-refractivity contribution >= 4 is 21.8 Å². The highest BCUT2D eigenvalue weighted by Crippen LogP contribution is 2.32. The highest BCUT2D eigenvalue weighted by Gasteiger charge is 2.21. The minimum absolute atomic E-state index is 0.603. The summed E-state index contributed by atoms with van der Waals surface area (Å²) in [5.74, 6) is 0. The van der Waals surface area contributed by atoms with Gasteiger partial charge in [-0.3, -0.25) is 0 Å². The van der Waals surface area contributed by atoms with Crippen molar-refractivity contribution in [3.8, 4) is 0 Å². The van der Waals surface area contributed by atoms with Crippen LogP contribution in [0.15, 0.2) is 48.5 Å². The minimum Gasteiger partial charge on any atom is -0.370 e. The third-order valence-corrected chi connectivity index (χ3v) is 5.99. The molecular weight excluding hydrogens is 348 g/mol. The van der Waals surface area contributed by atoms with Gasteiger partial charge in [-0.1, -0.05) is 36.4 Å². The molecule has 4 heteroatoms. The van der Waals surface area contributed by atoms with Gasteiger partial charge < -0.3 is 18.6 Å². The number of ether oxygens (including phenoxy) is 2. The molecule has 4 aromatic rings. The third kappa shape index (κ3) is 2.60. The van der Waals surface area contributed by atoms with Gasteiger partial charge in [-0.25, -0.2) is 0 Å². The lowest BCUT2D eigenvalue weighted by Gasteiger charge is -2.16. The molecule has 0 amide bonds. The van der Waals surface area contributed by atoms with Gasteiger partial charge in [0.15, 0.2) is 0 Å². The number of benzene rings is 2. The molecule has 0 radical (unpaired) electrons. The third-order valence-electron chi connectivity index (χ3n) is 5.99. The first-order chi connectivity index (χ1) is 13.8. The molecule has 2 aromatic heterocycles. The van der Waals surface area contributed by atoms with Crippen molar-refractivity contribution in [2.45, 2.75) is 53.4 Å². The van der Waals surface area contributed by atoms with Crippen LogP contribution in [-0.2, 0) is 49.0 Å². The van der Waals surface area contributed by atoms with Gasteiger partial charge in [0.25, 0.3) is 0 Å². The first-order valence-electron chi connectivity index (χ1n) is 10.2. The van der Waals surface area contributed by atoms with Crippen LogP contribution in [0.5, 0.6) is 0 Å². The number of hydrogen-bond donors (Lipinski definition) is 0. The van der Waals surface area contributed by atoms with Gasteiger partial charge in [-0.2, -0.15) is 0 Å². The van der Waals surface area contributed by atoms with Gasteiger partial charge in [0, 0.05) is 46.0 Å². The van der Waals surface area contributed by atoms with Gasteiger partial charge in [-0.15, -0.1) is 0 Å². The maximum Gasteiger partial charge on any atom is 0.0876 e. The van der Waals surface area contributed by atoms with E-state index in [9.17, 15) is 0 Å². The second-order valence-corrected chi connectivity index (χ2v) is 7.36. The normalized spacial score (nSPS) is 14.9. The smallest absolute Gasteiger partial charge is 0.0876 e. The fourth-order valence-corrected chi connectivity index (χ4v) is 4.73. The largest absolute Gasteiger partial charge is 0.370 e. The predicted octanol–water partition coefficient (Wildman–Crippen LogP) is 5.38. The summed E-state index contributed by atoms with van der Waals surface area (Å²) >= 11 is 0. The summed E-state index contributed by atoms with van der Waals surface area (Å²) in [6.07, 6.45) is 0. The van der Waals surface area contributed by atoms with E-state index in [1.807, 2.05) is 0 Å². The molecule has 4 nitrogen and oxygen atoms in total. The molecule has 0 fully saturated rings. The number of aryl methyl sites for hydroxylation is 2. The molecule has 0 aliphatic carbocycles. The molecular formula is C24H26N2O2. The molecule has 28 heavy (non-hydrogen) atoms. The number of hydrogen-bond acceptors (Lipinski definition) is 2. The van der Waals surface area contributed by atoms with Crippen molar-refractivity contribution < 1.29 is 9.47 Å². The first kappa shape index (κ1) is 17.5. The zero-order valence-electron chi connectivity index (χ0n) is 16.6. The van der Waals surface area contributed by atoms with E-state index in [1.54, 1.807) is 0 Å². The lowest BCUT2D eigenvalue weighted by atomic mass is 10.1. The Hall–Kier alpha value is -2.56. The van der Waals surface area contributed by atoms with Crippen LogP contribution in [-0.4, -0.2) is 9.13 Å². The van der Waals surface area contributed by atoms with Crippen LogP contribution in [0, 0.1) is 0 Å². The molecule has 5 rings (SSSR count). The molecule has 0 N–H and O–H groups in total. The summed E-state index contributed by atoms with van der Waals surface area (Å²) in [5, 5.41) is 2.56. The van der Waals surface area contributed by atoms with E-state index in [2.05, 4.69) is 71.5 Å². The van der Waals surface area contributed by atoms with Crippen LogP contribution in [0.1, 0.15) is 36.4 Å². The van der Waals surface area contributed by atoms with E-state index >= 15 is 0 Å². The monoisotopic (exact) mass is 374 g/mol. The van der Waals surface area contributed by atoms with Crippen LogP contribution >= 0.6 is 0 Å². The second kappa shape index (κ2) is 7.12. The Kier molecular flexibility index (Phi) is 4.46. The molecule has 0 spiro atoms. The molecule has 0 unspecified atom stereocenters. The lowest BCUT2D eigenvalue weighted by molar-refractivity contribution is 0.0759. The Balaban J connectivity index is 1.60. The summed E-state index contributed by atoms with van der Waals surface area (Å²) < 4.78 is 17.4. The Bertz CT molecular complexity index is 1060. The van der Waals surface area contributed by atoms with E-state index in [-0.39, 0.29) is 0 Å². The van der Waals surface area contributed by atoms with E-state index < -0.39 is 0 Å². The number of fused-ring (bicyclic) bond motifs is 6. The van der Waals surface area contributed by atoms with Gasteiger partial charge >= 0.3 is 0 Å². The SMILES string of the molecule is CCn1c2c(c3ccccc31)COCc1c(c3ccccc3n1CC)COC2. The molecule has 0 bridgehead atoms. The lowest BCUT2D eigenvalue weighted by Crippen LogP contribution is -2.11. The Labute approximate surface area is 165 Å². The zero-order valence-corrected chi connectivity index (χ0v) is 16.6. The van der Waals surface area contributed by atoms with Crippen LogP contribution < -0.4 is 0 Å². The predicted molar refractivity (Wildman–Crippen MR) is 112 cm³/mol. The van der Waals surface area contributed by atoms with E-state index in [4.69, 9.17) is 9.47 Å². The van der Waals surface area contributed by atoms with E-state index in [0.717, 1.165) is 13.1 Å². The highest BCUT2D eigenvalue weighted by molar-refractivity contribution is 5.86. The Morgan fingerprint density at radius 3 is 1.50 bits per heavy atom. The molecule has 3 heterocycles. The van der Waals surface area contributed by atoms with Crippen molar-refractivity contribution in [3.63, 3.8) is 0 Å². The quantitative estimate of drug-likeness (QED) is 0.471.